The Morgan fingerprint density at radius 1 is 0.800 bits per heavy atom. The highest BCUT2D eigenvalue weighted by molar-refractivity contribution is 9.10. The quantitative estimate of drug-likeness (QED) is 0.242. The number of aromatic nitrogens is 4. The summed E-state index contributed by atoms with van der Waals surface area (Å²) < 4.78 is 9.40. The number of rotatable bonds is 4. The molecule has 2 aromatic carbocycles. The van der Waals surface area contributed by atoms with Gasteiger partial charge in [0.25, 0.3) is 11.1 Å². The molecule has 10 nitrogen and oxygen atoms in total. The van der Waals surface area contributed by atoms with E-state index < -0.39 is 11.7 Å². The summed E-state index contributed by atoms with van der Waals surface area (Å²) in [6.07, 6.45) is -0.561. The van der Waals surface area contributed by atoms with Crippen LogP contribution in [0.25, 0.3) is 21.5 Å². The number of anilines is 2. The maximum absolute atomic E-state index is 12.5. The summed E-state index contributed by atoms with van der Waals surface area (Å²) in [6.45, 7) is 13.0. The van der Waals surface area contributed by atoms with Gasteiger partial charge in [-0.25, -0.2) is 14.2 Å². The molecule has 0 spiro atoms. The Hall–Kier alpha value is -3.25. The van der Waals surface area contributed by atoms with Gasteiger partial charge in [-0.2, -0.15) is 10.2 Å². The Balaban J connectivity index is 0.000000230. The number of hydrogen-bond acceptors (Lipinski definition) is 7. The fourth-order valence-electron chi connectivity index (χ4n) is 3.79. The predicted molar refractivity (Wildman–Crippen MR) is 168 cm³/mol. The number of fused-ring (bicyclic) bond motifs is 2. The Bertz CT molecular complexity index is 1670. The van der Waals surface area contributed by atoms with Crippen molar-refractivity contribution in [1.82, 2.24) is 19.6 Å². The van der Waals surface area contributed by atoms with Crippen LogP contribution < -0.4 is 21.8 Å². The molecule has 1 amide bonds. The molecule has 0 radical (unpaired) electrons. The minimum Gasteiger partial charge on any atom is -0.444 e. The minimum atomic E-state index is -0.585. The fourth-order valence-corrected chi connectivity index (χ4v) is 4.82. The van der Waals surface area contributed by atoms with Crippen LogP contribution in [0.1, 0.15) is 60.5 Å². The Labute approximate surface area is 249 Å². The van der Waals surface area contributed by atoms with E-state index in [1.807, 2.05) is 52.9 Å². The maximum Gasteiger partial charge on any atom is 0.412 e. The third-order valence-corrected chi connectivity index (χ3v) is 6.84. The highest BCUT2D eigenvalue weighted by Crippen LogP contribution is 2.24. The second-order valence-electron chi connectivity index (χ2n) is 10.7. The van der Waals surface area contributed by atoms with Crippen molar-refractivity contribution in [2.24, 2.45) is 0 Å². The number of benzene rings is 2. The molecule has 0 bridgehead atoms. The number of halogens is 2. The van der Waals surface area contributed by atoms with Crippen LogP contribution in [0.2, 0.25) is 0 Å². The van der Waals surface area contributed by atoms with Crippen molar-refractivity contribution in [3.05, 3.63) is 66.3 Å². The summed E-state index contributed by atoms with van der Waals surface area (Å²) in [5.74, 6) is 0. The number of nitrogens with zero attached hydrogens (tertiary/aromatic N) is 4. The lowest BCUT2D eigenvalue weighted by Gasteiger charge is -2.19. The molecule has 0 aliphatic heterocycles. The molecular weight excluding hydrogens is 644 g/mol. The zero-order chi connectivity index (χ0) is 29.9. The second kappa shape index (κ2) is 12.5. The van der Waals surface area contributed by atoms with E-state index in [0.717, 1.165) is 11.1 Å². The van der Waals surface area contributed by atoms with E-state index in [2.05, 4.69) is 52.7 Å². The monoisotopic (exact) mass is 676 g/mol. The topological polar surface area (TPSA) is 120 Å². The van der Waals surface area contributed by atoms with Gasteiger partial charge in [0.2, 0.25) is 0 Å². The first-order valence-electron chi connectivity index (χ1n) is 12.7. The number of ether oxygens (including phenoxy) is 1. The van der Waals surface area contributed by atoms with E-state index in [1.54, 1.807) is 39.0 Å². The smallest absolute Gasteiger partial charge is 0.412 e. The molecule has 4 rings (SSSR count). The van der Waals surface area contributed by atoms with Crippen LogP contribution in [0.15, 0.2) is 55.2 Å². The third kappa shape index (κ3) is 7.28. The predicted octanol–water partition coefficient (Wildman–Crippen LogP) is 6.87. The third-order valence-electron chi connectivity index (χ3n) is 5.66. The molecule has 2 heterocycles. The van der Waals surface area contributed by atoms with Crippen LogP contribution in [0.5, 0.6) is 0 Å². The average molecular weight is 678 g/mol. The van der Waals surface area contributed by atoms with Gasteiger partial charge >= 0.3 is 6.09 Å². The number of carbonyl (C=O) groups is 1. The van der Waals surface area contributed by atoms with Gasteiger partial charge in [0.05, 0.1) is 22.9 Å². The first-order chi connectivity index (χ1) is 18.6. The largest absolute Gasteiger partial charge is 0.444 e. The molecule has 0 aliphatic carbocycles. The second-order valence-corrected chi connectivity index (χ2v) is 12.2. The standard InChI is InChI=1S/C16H20BrN3O3.C12H14BrN3O/c1-9(2)20-14(21)12-8-10(6-7-11(12)13(17)19-20)18-15(22)23-16(3,4)5;1-7(2)16-12(17)10-6-8(14-3)4-5-9(10)11(13)15-16/h6-9H,1-5H3,(H,18,22);4-7,14H,1-3H3. The molecule has 12 heteroatoms. The lowest BCUT2D eigenvalue weighted by molar-refractivity contribution is 0.0636. The molecule has 4 aromatic rings. The molecule has 0 unspecified atom stereocenters. The van der Waals surface area contributed by atoms with Crippen molar-refractivity contribution < 1.29 is 9.53 Å². The fraction of sp³-hybridized carbons (Fsp3) is 0.393. The van der Waals surface area contributed by atoms with Crippen molar-refractivity contribution in [2.45, 2.75) is 66.2 Å². The first-order valence-corrected chi connectivity index (χ1v) is 14.3. The number of nitrogens with one attached hydrogen (secondary N) is 2. The van der Waals surface area contributed by atoms with Crippen molar-refractivity contribution >= 4 is 70.9 Å². The van der Waals surface area contributed by atoms with Crippen molar-refractivity contribution in [1.29, 1.82) is 0 Å². The molecule has 0 fully saturated rings. The molecule has 0 atom stereocenters. The van der Waals surface area contributed by atoms with Gasteiger partial charge in [-0.1, -0.05) is 0 Å². The Kier molecular flexibility index (Phi) is 9.78. The summed E-state index contributed by atoms with van der Waals surface area (Å²) in [6, 6.07) is 10.7. The Morgan fingerprint density at radius 3 is 1.62 bits per heavy atom. The van der Waals surface area contributed by atoms with Crippen molar-refractivity contribution in [2.75, 3.05) is 17.7 Å². The van der Waals surface area contributed by atoms with Gasteiger partial charge in [0.1, 0.15) is 14.8 Å². The Morgan fingerprint density at radius 2 is 1.23 bits per heavy atom. The number of amides is 1. The molecule has 0 saturated carbocycles. The SMILES string of the molecule is CC(C)n1nc(Br)c2ccc(NC(=O)OC(C)(C)C)cc2c1=O.CNc1ccc2c(Br)nn(C(C)C)c(=O)c2c1. The summed E-state index contributed by atoms with van der Waals surface area (Å²) in [4.78, 5) is 36.6. The van der Waals surface area contributed by atoms with E-state index in [-0.39, 0.29) is 23.2 Å². The lowest BCUT2D eigenvalue weighted by atomic mass is 10.1. The van der Waals surface area contributed by atoms with Gasteiger partial charge in [-0.15, -0.1) is 0 Å². The molecule has 0 aliphatic rings. The van der Waals surface area contributed by atoms with Crippen LogP contribution in [0.3, 0.4) is 0 Å². The molecular formula is C28H34Br2N6O4. The normalized spacial score (nSPS) is 11.5. The van der Waals surface area contributed by atoms with E-state index in [4.69, 9.17) is 4.74 Å². The number of carbonyl (C=O) groups excluding carboxylic acids is 1. The minimum absolute atomic E-state index is 0.0430. The van der Waals surface area contributed by atoms with Gasteiger partial charge in [-0.05, 0) is 117 Å². The zero-order valence-corrected chi connectivity index (χ0v) is 27.0. The van der Waals surface area contributed by atoms with Crippen molar-refractivity contribution in [3.8, 4) is 0 Å². The van der Waals surface area contributed by atoms with E-state index >= 15 is 0 Å². The average Bonchev–Trinajstić information content (AvgIpc) is 2.86. The number of hydrogen-bond donors (Lipinski definition) is 2. The molecule has 40 heavy (non-hydrogen) atoms. The molecule has 214 valence electrons. The van der Waals surface area contributed by atoms with Crippen LogP contribution in [0.4, 0.5) is 16.2 Å². The highest BCUT2D eigenvalue weighted by atomic mass is 79.9. The molecule has 2 aromatic heterocycles. The van der Waals surface area contributed by atoms with Crippen molar-refractivity contribution in [3.63, 3.8) is 0 Å². The van der Waals surface area contributed by atoms with Crippen LogP contribution in [-0.4, -0.2) is 38.3 Å². The van der Waals surface area contributed by atoms with Gasteiger partial charge in [-0.3, -0.25) is 14.9 Å². The summed E-state index contributed by atoms with van der Waals surface area (Å²) in [5, 5.41) is 16.9. The van der Waals surface area contributed by atoms with Crippen LogP contribution >= 0.6 is 31.9 Å². The van der Waals surface area contributed by atoms with Crippen LogP contribution in [-0.2, 0) is 4.74 Å². The highest BCUT2D eigenvalue weighted by Gasteiger charge is 2.17. The summed E-state index contributed by atoms with van der Waals surface area (Å²) in [5.41, 5.74) is 0.569. The van der Waals surface area contributed by atoms with Gasteiger partial charge < -0.3 is 10.1 Å². The molecule has 2 N–H and O–H groups in total. The van der Waals surface area contributed by atoms with Crippen LogP contribution in [0, 0.1) is 0 Å². The van der Waals surface area contributed by atoms with Gasteiger partial charge in [0.15, 0.2) is 0 Å². The summed E-state index contributed by atoms with van der Waals surface area (Å²) >= 11 is 6.79. The molecule has 0 saturated heterocycles. The van der Waals surface area contributed by atoms with Gasteiger partial charge in [0, 0.05) is 29.2 Å². The lowest BCUT2D eigenvalue weighted by Crippen LogP contribution is -2.27. The maximum atomic E-state index is 12.5. The zero-order valence-electron chi connectivity index (χ0n) is 23.8. The van der Waals surface area contributed by atoms with E-state index in [0.29, 0.717) is 31.1 Å². The first kappa shape index (κ1) is 31.3. The van der Waals surface area contributed by atoms with E-state index in [9.17, 15) is 14.4 Å². The van der Waals surface area contributed by atoms with E-state index in [1.165, 1.54) is 9.36 Å². The summed E-state index contributed by atoms with van der Waals surface area (Å²) in [7, 11) is 1.83.